The molecule has 0 amide bonds. The Kier molecular flexibility index (Phi) is 3.69. The van der Waals surface area contributed by atoms with Crippen LogP contribution in [0.2, 0.25) is 0 Å². The van der Waals surface area contributed by atoms with Crippen LogP contribution in [0.5, 0.6) is 11.5 Å². The molecule has 1 aromatic heterocycles. The number of nitrogens with one attached hydrogen (secondary N) is 1. The van der Waals surface area contributed by atoms with Gasteiger partial charge in [0.15, 0.2) is 5.13 Å². The molecule has 1 heterocycles. The van der Waals surface area contributed by atoms with Gasteiger partial charge in [-0.05, 0) is 24.6 Å². The van der Waals surface area contributed by atoms with Crippen molar-refractivity contribution in [1.82, 2.24) is 4.98 Å². The van der Waals surface area contributed by atoms with E-state index in [9.17, 15) is 0 Å². The smallest absolute Gasteiger partial charge is 0.197 e. The molecule has 96 valence electrons. The van der Waals surface area contributed by atoms with Crippen molar-refractivity contribution in [1.29, 1.82) is 0 Å². The average Bonchev–Trinajstić information content (AvgIpc) is 2.87. The van der Waals surface area contributed by atoms with E-state index in [2.05, 4.69) is 10.4 Å². The van der Waals surface area contributed by atoms with Crippen molar-refractivity contribution in [3.8, 4) is 22.8 Å². The number of thiazole rings is 1. The molecule has 1 aromatic carbocycles. The number of benzene rings is 1. The number of nitrogens with two attached hydrogens (primary N) is 1. The normalized spacial score (nSPS) is 10.2. The molecule has 0 saturated carbocycles. The van der Waals surface area contributed by atoms with E-state index in [1.165, 1.54) is 11.3 Å². The molecule has 0 aliphatic heterocycles. The van der Waals surface area contributed by atoms with Gasteiger partial charge < -0.3 is 9.47 Å². The number of methoxy groups -OCH3 is 2. The summed E-state index contributed by atoms with van der Waals surface area (Å²) in [5, 5.41) is 2.58. The summed E-state index contributed by atoms with van der Waals surface area (Å²) in [6.07, 6.45) is 0. The zero-order valence-electron chi connectivity index (χ0n) is 10.5. The van der Waals surface area contributed by atoms with Gasteiger partial charge in [0.25, 0.3) is 0 Å². The zero-order chi connectivity index (χ0) is 13.1. The van der Waals surface area contributed by atoms with Gasteiger partial charge in [-0.1, -0.05) is 0 Å². The van der Waals surface area contributed by atoms with Crippen LogP contribution >= 0.6 is 11.3 Å². The third-order valence-corrected chi connectivity index (χ3v) is 3.39. The van der Waals surface area contributed by atoms with E-state index in [1.54, 1.807) is 14.2 Å². The summed E-state index contributed by atoms with van der Waals surface area (Å²) in [4.78, 5) is 4.36. The molecule has 0 atom stereocenters. The van der Waals surface area contributed by atoms with Crippen molar-refractivity contribution in [2.45, 2.75) is 6.92 Å². The Balaban J connectivity index is 2.54. The minimum atomic E-state index is 0.659. The van der Waals surface area contributed by atoms with Crippen LogP contribution in [0.4, 0.5) is 5.13 Å². The number of hydrogen-bond donors (Lipinski definition) is 2. The number of anilines is 1. The Hall–Kier alpha value is -1.79. The van der Waals surface area contributed by atoms with E-state index in [1.807, 2.05) is 24.4 Å². The Morgan fingerprint density at radius 1 is 1.22 bits per heavy atom. The first-order valence-corrected chi connectivity index (χ1v) is 6.22. The largest absolute Gasteiger partial charge is 0.496 e. The van der Waals surface area contributed by atoms with Gasteiger partial charge in [-0.2, -0.15) is 0 Å². The van der Waals surface area contributed by atoms with Crippen molar-refractivity contribution in [2.24, 2.45) is 5.84 Å². The number of hydrazine groups is 1. The summed E-state index contributed by atoms with van der Waals surface area (Å²) in [6.45, 7) is 1.97. The standard InChI is InChI=1S/C12H15N3O2S/c1-7-4-11(17-3)8(5-10(7)16-2)9-6-18-12(14-9)15-13/h4-6H,13H2,1-3H3,(H,14,15). The van der Waals surface area contributed by atoms with E-state index in [-0.39, 0.29) is 0 Å². The number of nitrogen functional groups attached to an aromatic ring is 1. The Bertz CT molecular complexity index is 554. The first-order valence-electron chi connectivity index (χ1n) is 5.34. The van der Waals surface area contributed by atoms with Gasteiger partial charge in [0.2, 0.25) is 0 Å². The van der Waals surface area contributed by atoms with E-state index in [4.69, 9.17) is 15.3 Å². The molecule has 2 aromatic rings. The SMILES string of the molecule is COc1cc(-c2csc(NN)n2)c(OC)cc1C. The van der Waals surface area contributed by atoms with Gasteiger partial charge in [-0.15, -0.1) is 11.3 Å². The molecule has 0 fully saturated rings. The number of aryl methyl sites for hydroxylation is 1. The number of ether oxygens (including phenoxy) is 2. The Morgan fingerprint density at radius 3 is 2.50 bits per heavy atom. The third kappa shape index (κ3) is 2.25. The Morgan fingerprint density at radius 2 is 1.94 bits per heavy atom. The third-order valence-electron chi connectivity index (χ3n) is 2.62. The number of hydrogen-bond acceptors (Lipinski definition) is 6. The quantitative estimate of drug-likeness (QED) is 0.656. The lowest BCUT2D eigenvalue weighted by Gasteiger charge is -2.11. The fourth-order valence-corrected chi connectivity index (χ4v) is 2.34. The maximum atomic E-state index is 5.38. The molecular formula is C12H15N3O2S. The second-order valence-electron chi connectivity index (χ2n) is 3.70. The maximum absolute atomic E-state index is 5.38. The van der Waals surface area contributed by atoms with Gasteiger partial charge >= 0.3 is 0 Å². The molecule has 0 unspecified atom stereocenters. The summed E-state index contributed by atoms with van der Waals surface area (Å²) in [5.74, 6) is 6.91. The van der Waals surface area contributed by atoms with Crippen LogP contribution < -0.4 is 20.7 Å². The second kappa shape index (κ2) is 5.24. The predicted molar refractivity (Wildman–Crippen MR) is 73.2 cm³/mol. The molecule has 3 N–H and O–H groups in total. The maximum Gasteiger partial charge on any atom is 0.197 e. The van der Waals surface area contributed by atoms with Gasteiger partial charge in [-0.3, -0.25) is 5.43 Å². The molecule has 2 rings (SSSR count). The topological polar surface area (TPSA) is 69.4 Å². The molecule has 0 spiro atoms. The minimum Gasteiger partial charge on any atom is -0.496 e. The van der Waals surface area contributed by atoms with Crippen LogP contribution in [0.15, 0.2) is 17.5 Å². The lowest BCUT2D eigenvalue weighted by molar-refractivity contribution is 0.401. The predicted octanol–water partition coefficient (Wildman–Crippen LogP) is 2.42. The summed E-state index contributed by atoms with van der Waals surface area (Å²) < 4.78 is 10.7. The molecule has 0 radical (unpaired) electrons. The molecular weight excluding hydrogens is 250 g/mol. The fourth-order valence-electron chi connectivity index (χ4n) is 1.71. The van der Waals surface area contributed by atoms with Gasteiger partial charge in [-0.25, -0.2) is 10.8 Å². The summed E-state index contributed by atoms with van der Waals surface area (Å²) in [7, 11) is 3.28. The molecule has 0 aliphatic rings. The van der Waals surface area contributed by atoms with Gasteiger partial charge in [0, 0.05) is 10.9 Å². The lowest BCUT2D eigenvalue weighted by Crippen LogP contribution is -2.05. The van der Waals surface area contributed by atoms with E-state index < -0.39 is 0 Å². The van der Waals surface area contributed by atoms with Crippen LogP contribution in [-0.2, 0) is 0 Å². The summed E-state index contributed by atoms with van der Waals surface area (Å²) in [5.41, 5.74) is 5.24. The summed E-state index contributed by atoms with van der Waals surface area (Å²) >= 11 is 1.44. The van der Waals surface area contributed by atoms with Gasteiger partial charge in [0.1, 0.15) is 11.5 Å². The molecule has 6 heteroatoms. The number of rotatable bonds is 4. The molecule has 0 bridgehead atoms. The molecule has 5 nitrogen and oxygen atoms in total. The average molecular weight is 265 g/mol. The minimum absolute atomic E-state index is 0.659. The van der Waals surface area contributed by atoms with Crippen LogP contribution in [0.1, 0.15) is 5.56 Å². The lowest BCUT2D eigenvalue weighted by atomic mass is 10.1. The zero-order valence-corrected chi connectivity index (χ0v) is 11.3. The first kappa shape index (κ1) is 12.7. The van der Waals surface area contributed by atoms with E-state index >= 15 is 0 Å². The molecule has 18 heavy (non-hydrogen) atoms. The summed E-state index contributed by atoms with van der Waals surface area (Å²) in [6, 6.07) is 3.85. The van der Waals surface area contributed by atoms with Crippen molar-refractivity contribution >= 4 is 16.5 Å². The Labute approximate surface area is 110 Å². The second-order valence-corrected chi connectivity index (χ2v) is 4.56. The molecule has 0 saturated heterocycles. The highest BCUT2D eigenvalue weighted by Gasteiger charge is 2.13. The molecule has 0 aliphatic carbocycles. The van der Waals surface area contributed by atoms with Crippen molar-refractivity contribution in [3.63, 3.8) is 0 Å². The highest BCUT2D eigenvalue weighted by molar-refractivity contribution is 7.14. The fraction of sp³-hybridized carbons (Fsp3) is 0.250. The van der Waals surface area contributed by atoms with Crippen LogP contribution in [-0.4, -0.2) is 19.2 Å². The van der Waals surface area contributed by atoms with Crippen molar-refractivity contribution in [2.75, 3.05) is 19.6 Å². The van der Waals surface area contributed by atoms with Gasteiger partial charge in [0.05, 0.1) is 19.9 Å². The van der Waals surface area contributed by atoms with Crippen molar-refractivity contribution in [3.05, 3.63) is 23.1 Å². The number of aromatic nitrogens is 1. The number of nitrogens with zero attached hydrogens (tertiary/aromatic N) is 1. The van der Waals surface area contributed by atoms with Crippen LogP contribution in [0.3, 0.4) is 0 Å². The van der Waals surface area contributed by atoms with E-state index in [0.717, 1.165) is 28.3 Å². The van der Waals surface area contributed by atoms with Crippen LogP contribution in [0, 0.1) is 6.92 Å². The highest BCUT2D eigenvalue weighted by atomic mass is 32.1. The first-order chi connectivity index (χ1) is 8.69. The highest BCUT2D eigenvalue weighted by Crippen LogP contribution is 2.36. The van der Waals surface area contributed by atoms with E-state index in [0.29, 0.717) is 5.13 Å². The van der Waals surface area contributed by atoms with Crippen molar-refractivity contribution < 1.29 is 9.47 Å². The monoisotopic (exact) mass is 265 g/mol. The van der Waals surface area contributed by atoms with Crippen LogP contribution in [0.25, 0.3) is 11.3 Å².